The molecule has 0 spiro atoms. The molecule has 1 saturated carbocycles. The van der Waals surface area contributed by atoms with E-state index in [1.54, 1.807) is 24.1 Å². The van der Waals surface area contributed by atoms with Crippen LogP contribution in [0.2, 0.25) is 0 Å². The number of hydrogen-bond donors (Lipinski definition) is 0. The topological polar surface area (TPSA) is 40.6 Å². The highest BCUT2D eigenvalue weighted by Gasteiger charge is 2.41. The Labute approximate surface area is 139 Å². The summed E-state index contributed by atoms with van der Waals surface area (Å²) < 4.78 is 0. The smallest absolute Gasteiger partial charge is 0.223 e. The second-order valence-corrected chi connectivity index (χ2v) is 7.99. The molecule has 3 aliphatic rings. The quantitative estimate of drug-likeness (QED) is 0.786. The molecule has 0 aromatic heterocycles. The van der Waals surface area contributed by atoms with E-state index >= 15 is 0 Å². The van der Waals surface area contributed by atoms with Crippen molar-refractivity contribution >= 4 is 11.7 Å². The van der Waals surface area contributed by atoms with Crippen LogP contribution >= 0.6 is 0 Å². The Kier molecular flexibility index (Phi) is 4.90. The first kappa shape index (κ1) is 16.7. The highest BCUT2D eigenvalue weighted by molar-refractivity contribution is 5.92. The van der Waals surface area contributed by atoms with E-state index in [9.17, 15) is 9.59 Å². The van der Waals surface area contributed by atoms with Crippen LogP contribution in [-0.2, 0) is 9.59 Å². The molecular formula is C19H30N2O2. The van der Waals surface area contributed by atoms with Crippen LogP contribution in [0.4, 0.5) is 0 Å². The van der Waals surface area contributed by atoms with E-state index in [-0.39, 0.29) is 17.7 Å². The van der Waals surface area contributed by atoms with Crippen LogP contribution in [0, 0.1) is 17.8 Å². The van der Waals surface area contributed by atoms with E-state index in [1.807, 2.05) is 0 Å². The molecule has 1 amide bonds. The number of rotatable bonds is 2. The molecule has 2 fully saturated rings. The average Bonchev–Trinajstić information content (AvgIpc) is 2.48. The summed E-state index contributed by atoms with van der Waals surface area (Å²) in [6.07, 6.45) is 9.87. The van der Waals surface area contributed by atoms with E-state index in [0.29, 0.717) is 18.4 Å². The average molecular weight is 318 g/mol. The molecule has 1 saturated heterocycles. The molecule has 1 aliphatic carbocycles. The van der Waals surface area contributed by atoms with Gasteiger partial charge in [0.25, 0.3) is 0 Å². The van der Waals surface area contributed by atoms with E-state index < -0.39 is 0 Å². The number of hydrogen-bond acceptors (Lipinski definition) is 3. The molecule has 0 aromatic rings. The maximum atomic E-state index is 11.9. The van der Waals surface area contributed by atoms with Crippen LogP contribution in [0.25, 0.3) is 0 Å². The number of allylic oxidation sites excluding steroid dienone is 1. The van der Waals surface area contributed by atoms with Crippen molar-refractivity contribution in [3.63, 3.8) is 0 Å². The SMILES string of the molecule is CC(=O)N1C=CC(=O)C[C@H]1C[C@@H]1C[C@@H](C)C[C@@H]2[C@@H]1CCCN2C. The van der Waals surface area contributed by atoms with Gasteiger partial charge in [-0.3, -0.25) is 9.59 Å². The number of carbonyl (C=O) groups is 2. The summed E-state index contributed by atoms with van der Waals surface area (Å²) in [7, 11) is 2.26. The van der Waals surface area contributed by atoms with Gasteiger partial charge in [-0.05, 0) is 69.5 Å². The Balaban J connectivity index is 1.75. The summed E-state index contributed by atoms with van der Waals surface area (Å²) in [6.45, 7) is 5.18. The van der Waals surface area contributed by atoms with Crippen LogP contribution < -0.4 is 0 Å². The van der Waals surface area contributed by atoms with Gasteiger partial charge in [-0.15, -0.1) is 0 Å². The molecule has 0 unspecified atom stereocenters. The van der Waals surface area contributed by atoms with Crippen molar-refractivity contribution in [2.24, 2.45) is 17.8 Å². The first-order chi connectivity index (χ1) is 11.0. The number of ketones is 1. The normalized spacial score (nSPS) is 38.5. The standard InChI is InChI=1S/C19H30N2O2/c1-13-9-15(18-5-4-7-20(3)19(18)10-13)11-16-12-17(23)6-8-21(16)14(2)22/h6,8,13,15-16,18-19H,4-5,7,9-12H2,1-3H3/t13-,15+,16-,18-,19-/m1/s1. The van der Waals surface area contributed by atoms with Crippen LogP contribution in [0.15, 0.2) is 12.3 Å². The number of fused-ring (bicyclic) bond motifs is 1. The fraction of sp³-hybridized carbons (Fsp3) is 0.789. The summed E-state index contributed by atoms with van der Waals surface area (Å²) in [6, 6.07) is 0.756. The van der Waals surface area contributed by atoms with Gasteiger partial charge in [0.05, 0.1) is 0 Å². The van der Waals surface area contributed by atoms with Gasteiger partial charge in [-0.1, -0.05) is 6.92 Å². The fourth-order valence-corrected chi connectivity index (χ4v) is 5.23. The summed E-state index contributed by atoms with van der Waals surface area (Å²) in [5, 5.41) is 0. The minimum absolute atomic E-state index is 0.0555. The van der Waals surface area contributed by atoms with Crippen molar-refractivity contribution in [3.05, 3.63) is 12.3 Å². The molecule has 0 radical (unpaired) electrons. The first-order valence-electron chi connectivity index (χ1n) is 9.16. The van der Waals surface area contributed by atoms with E-state index in [0.717, 1.165) is 18.3 Å². The molecule has 2 aliphatic heterocycles. The van der Waals surface area contributed by atoms with Crippen molar-refractivity contribution in [2.75, 3.05) is 13.6 Å². The monoisotopic (exact) mass is 318 g/mol. The van der Waals surface area contributed by atoms with Crippen molar-refractivity contribution in [1.82, 2.24) is 9.80 Å². The predicted octanol–water partition coefficient (Wildman–Crippen LogP) is 2.84. The van der Waals surface area contributed by atoms with Crippen molar-refractivity contribution in [1.29, 1.82) is 0 Å². The summed E-state index contributed by atoms with van der Waals surface area (Å²) >= 11 is 0. The van der Waals surface area contributed by atoms with Crippen molar-refractivity contribution in [3.8, 4) is 0 Å². The highest BCUT2D eigenvalue weighted by atomic mass is 16.2. The minimum Gasteiger partial charge on any atom is -0.316 e. The molecule has 23 heavy (non-hydrogen) atoms. The summed E-state index contributed by atoms with van der Waals surface area (Å²) in [5.74, 6) is 2.33. The van der Waals surface area contributed by atoms with E-state index in [4.69, 9.17) is 0 Å². The second-order valence-electron chi connectivity index (χ2n) is 7.99. The summed E-state index contributed by atoms with van der Waals surface area (Å²) in [4.78, 5) is 28.1. The maximum Gasteiger partial charge on any atom is 0.223 e. The van der Waals surface area contributed by atoms with Crippen molar-refractivity contribution < 1.29 is 9.59 Å². The lowest BCUT2D eigenvalue weighted by atomic mass is 9.66. The number of amides is 1. The minimum atomic E-state index is 0.0555. The van der Waals surface area contributed by atoms with Crippen LogP contribution in [0.1, 0.15) is 52.4 Å². The third-order valence-electron chi connectivity index (χ3n) is 6.25. The molecule has 4 heteroatoms. The number of nitrogens with zero attached hydrogens (tertiary/aromatic N) is 2. The van der Waals surface area contributed by atoms with Gasteiger partial charge in [0.1, 0.15) is 0 Å². The molecule has 0 N–H and O–H groups in total. The van der Waals surface area contributed by atoms with Gasteiger partial charge in [-0.2, -0.15) is 0 Å². The molecular weight excluding hydrogens is 288 g/mol. The zero-order chi connectivity index (χ0) is 16.6. The Morgan fingerprint density at radius 3 is 2.87 bits per heavy atom. The summed E-state index contributed by atoms with van der Waals surface area (Å²) in [5.41, 5.74) is 0. The number of carbonyl (C=O) groups excluding carboxylic acids is 2. The zero-order valence-corrected chi connectivity index (χ0v) is 14.7. The van der Waals surface area contributed by atoms with Gasteiger partial charge in [0, 0.05) is 31.6 Å². The third-order valence-corrected chi connectivity index (χ3v) is 6.25. The van der Waals surface area contributed by atoms with Crippen LogP contribution in [-0.4, -0.2) is 47.2 Å². The molecule has 5 atom stereocenters. The fourth-order valence-electron chi connectivity index (χ4n) is 5.23. The molecule has 0 aromatic carbocycles. The molecule has 2 heterocycles. The lowest BCUT2D eigenvalue weighted by Gasteiger charge is -2.49. The largest absolute Gasteiger partial charge is 0.316 e. The predicted molar refractivity (Wildman–Crippen MR) is 90.7 cm³/mol. The van der Waals surface area contributed by atoms with Gasteiger partial charge in [0.2, 0.25) is 5.91 Å². The zero-order valence-electron chi connectivity index (χ0n) is 14.7. The van der Waals surface area contributed by atoms with Crippen molar-refractivity contribution in [2.45, 2.75) is 64.5 Å². The van der Waals surface area contributed by atoms with Gasteiger partial charge in [0.15, 0.2) is 5.78 Å². The lowest BCUT2D eigenvalue weighted by molar-refractivity contribution is -0.130. The lowest BCUT2D eigenvalue weighted by Crippen LogP contribution is -2.51. The highest BCUT2D eigenvalue weighted by Crippen LogP contribution is 2.44. The van der Waals surface area contributed by atoms with E-state index in [2.05, 4.69) is 18.9 Å². The van der Waals surface area contributed by atoms with Gasteiger partial charge in [-0.25, -0.2) is 0 Å². The van der Waals surface area contributed by atoms with Crippen LogP contribution in [0.5, 0.6) is 0 Å². The van der Waals surface area contributed by atoms with E-state index in [1.165, 1.54) is 32.2 Å². The first-order valence-corrected chi connectivity index (χ1v) is 9.16. The molecule has 4 nitrogen and oxygen atoms in total. The number of likely N-dealkylation sites (tertiary alicyclic amines) is 1. The molecule has 3 rings (SSSR count). The Morgan fingerprint density at radius 2 is 2.13 bits per heavy atom. The van der Waals surface area contributed by atoms with Crippen LogP contribution in [0.3, 0.4) is 0 Å². The molecule has 0 bridgehead atoms. The third kappa shape index (κ3) is 3.52. The second kappa shape index (κ2) is 6.76. The number of piperidine rings is 1. The maximum absolute atomic E-state index is 11.9. The Morgan fingerprint density at radius 1 is 1.35 bits per heavy atom. The van der Waals surface area contributed by atoms with Gasteiger partial charge < -0.3 is 9.80 Å². The van der Waals surface area contributed by atoms with Gasteiger partial charge >= 0.3 is 0 Å². The molecule has 128 valence electrons. The Bertz CT molecular complexity index is 502. The Hall–Kier alpha value is -1.16.